The lowest BCUT2D eigenvalue weighted by atomic mass is 10.1. The Morgan fingerprint density at radius 3 is 2.62 bits per heavy atom. The number of hydrogen-bond donors (Lipinski definition) is 1. The quantitative estimate of drug-likeness (QED) is 0.810. The number of nitrogens with one attached hydrogen (secondary N) is 1. The number of carbonyl (C=O) groups is 3. The molecule has 0 bridgehead atoms. The molecule has 26 heavy (non-hydrogen) atoms. The predicted molar refractivity (Wildman–Crippen MR) is 98.8 cm³/mol. The summed E-state index contributed by atoms with van der Waals surface area (Å²) in [6.45, 7) is 4.75. The van der Waals surface area contributed by atoms with E-state index in [2.05, 4.69) is 5.32 Å². The molecule has 0 aromatic heterocycles. The van der Waals surface area contributed by atoms with Gasteiger partial charge in [0.25, 0.3) is 0 Å². The van der Waals surface area contributed by atoms with Crippen LogP contribution >= 0.6 is 0 Å². The number of hydrogen-bond acceptors (Lipinski definition) is 3. The SMILES string of the molecule is CC1C(=O)N(c2ccccc2)CCN1C(=O)NCCCN1CCCC1=O. The maximum Gasteiger partial charge on any atom is 0.318 e. The Morgan fingerprint density at radius 2 is 1.92 bits per heavy atom. The largest absolute Gasteiger partial charge is 0.343 e. The molecule has 2 aliphatic rings. The lowest BCUT2D eigenvalue weighted by molar-refractivity contribution is -0.127. The zero-order chi connectivity index (χ0) is 18.5. The van der Waals surface area contributed by atoms with Crippen LogP contribution in [0.4, 0.5) is 10.5 Å². The van der Waals surface area contributed by atoms with Gasteiger partial charge in [0, 0.05) is 44.8 Å². The maximum absolute atomic E-state index is 12.6. The lowest BCUT2D eigenvalue weighted by Gasteiger charge is -2.39. The van der Waals surface area contributed by atoms with Crippen LogP contribution in [0.15, 0.2) is 30.3 Å². The fourth-order valence-electron chi connectivity index (χ4n) is 3.52. The molecule has 0 saturated carbocycles. The van der Waals surface area contributed by atoms with Crippen LogP contribution in [0.2, 0.25) is 0 Å². The minimum Gasteiger partial charge on any atom is -0.343 e. The van der Waals surface area contributed by atoms with Gasteiger partial charge in [-0.15, -0.1) is 0 Å². The van der Waals surface area contributed by atoms with E-state index in [1.165, 1.54) is 0 Å². The van der Waals surface area contributed by atoms with E-state index in [0.29, 0.717) is 32.6 Å². The molecule has 0 aliphatic carbocycles. The summed E-state index contributed by atoms with van der Waals surface area (Å²) in [6, 6.07) is 8.81. The molecule has 0 radical (unpaired) electrons. The van der Waals surface area contributed by atoms with Crippen molar-refractivity contribution < 1.29 is 14.4 Å². The second-order valence-electron chi connectivity index (χ2n) is 6.76. The Kier molecular flexibility index (Phi) is 5.75. The molecule has 3 rings (SSSR count). The Bertz CT molecular complexity index is 664. The van der Waals surface area contributed by atoms with Crippen molar-refractivity contribution in [1.29, 1.82) is 0 Å². The number of nitrogens with zero attached hydrogens (tertiary/aromatic N) is 3. The third-order valence-electron chi connectivity index (χ3n) is 5.04. The second-order valence-corrected chi connectivity index (χ2v) is 6.76. The Hall–Kier alpha value is -2.57. The van der Waals surface area contributed by atoms with E-state index in [4.69, 9.17) is 0 Å². The average Bonchev–Trinajstić information content (AvgIpc) is 3.06. The number of urea groups is 1. The van der Waals surface area contributed by atoms with Crippen LogP contribution in [-0.2, 0) is 9.59 Å². The van der Waals surface area contributed by atoms with Gasteiger partial charge in [-0.3, -0.25) is 9.59 Å². The summed E-state index contributed by atoms with van der Waals surface area (Å²) in [5.74, 6) is 0.132. The normalized spacial score (nSPS) is 20.7. The number of anilines is 1. The standard InChI is InChI=1S/C19H26N4O3/c1-15-18(25)23(16-7-3-2-4-8-16)14-13-22(15)19(26)20-10-6-12-21-11-5-9-17(21)24/h2-4,7-8,15H,5-6,9-14H2,1H3,(H,20,26). The molecular weight excluding hydrogens is 332 g/mol. The number of para-hydroxylation sites is 1. The first-order valence-electron chi connectivity index (χ1n) is 9.26. The predicted octanol–water partition coefficient (Wildman–Crippen LogP) is 1.45. The molecule has 1 N–H and O–H groups in total. The minimum atomic E-state index is -0.496. The highest BCUT2D eigenvalue weighted by Gasteiger charge is 2.34. The van der Waals surface area contributed by atoms with Gasteiger partial charge in [0.2, 0.25) is 11.8 Å². The van der Waals surface area contributed by atoms with Gasteiger partial charge in [-0.25, -0.2) is 4.79 Å². The number of amides is 4. The summed E-state index contributed by atoms with van der Waals surface area (Å²) >= 11 is 0. The van der Waals surface area contributed by atoms with Gasteiger partial charge in [-0.05, 0) is 31.9 Å². The first-order chi connectivity index (χ1) is 12.6. The van der Waals surface area contributed by atoms with Crippen LogP contribution in [0, 0.1) is 0 Å². The summed E-state index contributed by atoms with van der Waals surface area (Å²) < 4.78 is 0. The molecule has 2 aliphatic heterocycles. The molecule has 4 amide bonds. The smallest absolute Gasteiger partial charge is 0.318 e. The number of benzene rings is 1. The molecule has 7 heteroatoms. The van der Waals surface area contributed by atoms with Crippen molar-refractivity contribution in [3.63, 3.8) is 0 Å². The van der Waals surface area contributed by atoms with Crippen molar-refractivity contribution >= 4 is 23.5 Å². The molecule has 1 aromatic carbocycles. The Morgan fingerprint density at radius 1 is 1.15 bits per heavy atom. The molecular formula is C19H26N4O3. The zero-order valence-corrected chi connectivity index (χ0v) is 15.2. The molecule has 2 fully saturated rings. The molecule has 2 heterocycles. The van der Waals surface area contributed by atoms with E-state index in [1.807, 2.05) is 35.2 Å². The molecule has 1 aromatic rings. The number of piperazine rings is 1. The van der Waals surface area contributed by atoms with E-state index in [9.17, 15) is 14.4 Å². The van der Waals surface area contributed by atoms with Gasteiger partial charge in [0.05, 0.1) is 0 Å². The van der Waals surface area contributed by atoms with Crippen molar-refractivity contribution in [2.45, 2.75) is 32.2 Å². The maximum atomic E-state index is 12.6. The number of likely N-dealkylation sites (tertiary alicyclic amines) is 1. The number of rotatable bonds is 5. The lowest BCUT2D eigenvalue weighted by Crippen LogP contribution is -2.59. The third-order valence-corrected chi connectivity index (χ3v) is 5.04. The van der Waals surface area contributed by atoms with Gasteiger partial charge in [0.1, 0.15) is 6.04 Å². The summed E-state index contributed by atoms with van der Waals surface area (Å²) in [5.41, 5.74) is 0.861. The van der Waals surface area contributed by atoms with Gasteiger partial charge in [-0.2, -0.15) is 0 Å². The van der Waals surface area contributed by atoms with Gasteiger partial charge in [0.15, 0.2) is 0 Å². The summed E-state index contributed by atoms with van der Waals surface area (Å²) in [7, 11) is 0. The Balaban J connectivity index is 1.46. The average molecular weight is 358 g/mol. The first kappa shape index (κ1) is 18.2. The van der Waals surface area contributed by atoms with E-state index in [-0.39, 0.29) is 17.8 Å². The molecule has 7 nitrogen and oxygen atoms in total. The third kappa shape index (κ3) is 3.98. The summed E-state index contributed by atoms with van der Waals surface area (Å²) in [6.07, 6.45) is 2.29. The van der Waals surface area contributed by atoms with Crippen LogP contribution in [-0.4, -0.2) is 66.4 Å². The molecule has 1 atom stereocenters. The summed E-state index contributed by atoms with van der Waals surface area (Å²) in [4.78, 5) is 41.8. The van der Waals surface area contributed by atoms with Gasteiger partial charge < -0.3 is 20.0 Å². The molecule has 1 unspecified atom stereocenters. The van der Waals surface area contributed by atoms with Crippen molar-refractivity contribution in [2.75, 3.05) is 37.6 Å². The van der Waals surface area contributed by atoms with Crippen molar-refractivity contribution in [1.82, 2.24) is 15.1 Å². The first-order valence-corrected chi connectivity index (χ1v) is 9.26. The van der Waals surface area contributed by atoms with Crippen LogP contribution in [0.3, 0.4) is 0 Å². The highest BCUT2D eigenvalue weighted by Crippen LogP contribution is 2.20. The van der Waals surface area contributed by atoms with E-state index >= 15 is 0 Å². The molecule has 2 saturated heterocycles. The minimum absolute atomic E-state index is 0.0692. The van der Waals surface area contributed by atoms with Crippen molar-refractivity contribution in [3.8, 4) is 0 Å². The Labute approximate surface area is 153 Å². The zero-order valence-electron chi connectivity index (χ0n) is 15.2. The van der Waals surface area contributed by atoms with Crippen molar-refractivity contribution in [3.05, 3.63) is 30.3 Å². The highest BCUT2D eigenvalue weighted by atomic mass is 16.2. The summed E-state index contributed by atoms with van der Waals surface area (Å²) in [5, 5.41) is 2.88. The van der Waals surface area contributed by atoms with Crippen LogP contribution in [0.5, 0.6) is 0 Å². The van der Waals surface area contributed by atoms with Gasteiger partial charge in [-0.1, -0.05) is 18.2 Å². The van der Waals surface area contributed by atoms with Gasteiger partial charge >= 0.3 is 6.03 Å². The fourth-order valence-corrected chi connectivity index (χ4v) is 3.52. The van der Waals surface area contributed by atoms with E-state index in [1.54, 1.807) is 16.7 Å². The van der Waals surface area contributed by atoms with Crippen LogP contribution in [0.1, 0.15) is 26.2 Å². The fraction of sp³-hybridized carbons (Fsp3) is 0.526. The van der Waals surface area contributed by atoms with E-state index < -0.39 is 6.04 Å². The van der Waals surface area contributed by atoms with Crippen molar-refractivity contribution in [2.24, 2.45) is 0 Å². The molecule has 0 spiro atoms. The van der Waals surface area contributed by atoms with Crippen LogP contribution < -0.4 is 10.2 Å². The molecule has 140 valence electrons. The highest BCUT2D eigenvalue weighted by molar-refractivity contribution is 5.99. The van der Waals surface area contributed by atoms with E-state index in [0.717, 1.165) is 25.1 Å². The second kappa shape index (κ2) is 8.21. The number of carbonyl (C=O) groups excluding carboxylic acids is 3. The van der Waals surface area contributed by atoms with Crippen LogP contribution in [0.25, 0.3) is 0 Å². The topological polar surface area (TPSA) is 73.0 Å². The monoisotopic (exact) mass is 358 g/mol.